The Morgan fingerprint density at radius 2 is 1.76 bits per heavy atom. The van der Waals surface area contributed by atoms with Crippen molar-refractivity contribution < 1.29 is 13.2 Å². The molecule has 2 aliphatic rings. The van der Waals surface area contributed by atoms with Crippen molar-refractivity contribution in [3.8, 4) is 6.57 Å². The van der Waals surface area contributed by atoms with E-state index in [0.717, 1.165) is 30.6 Å². The van der Waals surface area contributed by atoms with Gasteiger partial charge in [-0.25, -0.2) is 10.2 Å². The topological polar surface area (TPSA) is 43.2 Å². The summed E-state index contributed by atoms with van der Waals surface area (Å²) in [7, 11) is 2.09. The average Bonchev–Trinajstić information content (AvgIpc) is 3.40. The maximum absolute atomic E-state index is 14.4. The number of nitrogens with zero attached hydrogens (tertiary/aromatic N) is 4. The van der Waals surface area contributed by atoms with Crippen LogP contribution in [0.15, 0.2) is 24.3 Å². The molecular formula is C23H24Cl3F3N4. The lowest BCUT2D eigenvalue weighted by molar-refractivity contribution is -0.184. The molecule has 2 atom stereocenters. The predicted molar refractivity (Wildman–Crippen MR) is 126 cm³/mol. The summed E-state index contributed by atoms with van der Waals surface area (Å²) in [6, 6.07) is 6.72. The first-order valence-electron chi connectivity index (χ1n) is 10.4. The Balaban J connectivity index is 0.00000149. The van der Waals surface area contributed by atoms with Gasteiger partial charge in [-0.2, -0.15) is 13.2 Å². The van der Waals surface area contributed by atoms with E-state index in [0.29, 0.717) is 11.9 Å². The van der Waals surface area contributed by atoms with E-state index in [2.05, 4.69) is 23.5 Å². The van der Waals surface area contributed by atoms with Gasteiger partial charge in [0.2, 0.25) is 0 Å². The Bertz CT molecular complexity index is 1020. The van der Waals surface area contributed by atoms with Gasteiger partial charge in [0.15, 0.2) is 0 Å². The lowest BCUT2D eigenvalue weighted by atomic mass is 9.79. The van der Waals surface area contributed by atoms with Crippen molar-refractivity contribution in [3.05, 3.63) is 56.2 Å². The smallest absolute Gasteiger partial charge is 0.355 e. The number of benzene rings is 1. The average molecular weight is 520 g/mol. The SMILES string of the molecule is C#N.Cc1nc(N2CCC(c3cc(Cl)c(Cl)c(Cl)c3)(C(F)(F)F)C2)ccc1C1CCCN1C. The van der Waals surface area contributed by atoms with Gasteiger partial charge in [0.05, 0.1) is 15.1 Å². The number of alkyl halides is 3. The summed E-state index contributed by atoms with van der Waals surface area (Å²) in [5.41, 5.74) is -0.0624. The molecule has 2 aromatic rings. The molecule has 4 nitrogen and oxygen atoms in total. The minimum absolute atomic E-state index is 0.0187. The molecule has 0 saturated carbocycles. The maximum Gasteiger partial charge on any atom is 0.400 e. The first-order chi connectivity index (χ1) is 15.5. The van der Waals surface area contributed by atoms with Gasteiger partial charge in [-0.05, 0) is 69.1 Å². The summed E-state index contributed by atoms with van der Waals surface area (Å²) in [5.74, 6) is 0.555. The summed E-state index contributed by atoms with van der Waals surface area (Å²) in [4.78, 5) is 8.67. The largest absolute Gasteiger partial charge is 0.400 e. The number of nitriles is 1. The van der Waals surface area contributed by atoms with Crippen molar-refractivity contribution in [2.75, 3.05) is 31.6 Å². The number of rotatable bonds is 3. The predicted octanol–water partition coefficient (Wildman–Crippen LogP) is 6.97. The van der Waals surface area contributed by atoms with Gasteiger partial charge in [0.1, 0.15) is 11.2 Å². The second-order valence-corrected chi connectivity index (χ2v) is 9.68. The van der Waals surface area contributed by atoms with Crippen molar-refractivity contribution in [3.63, 3.8) is 0 Å². The number of halogens is 6. The number of pyridine rings is 1. The number of likely N-dealkylation sites (tertiary alicyclic amines) is 1. The van der Waals surface area contributed by atoms with Crippen molar-refractivity contribution in [2.45, 2.75) is 43.8 Å². The van der Waals surface area contributed by atoms with E-state index in [-0.39, 0.29) is 40.1 Å². The van der Waals surface area contributed by atoms with Gasteiger partial charge in [-0.15, -0.1) is 0 Å². The van der Waals surface area contributed by atoms with Crippen LogP contribution in [0.3, 0.4) is 0 Å². The van der Waals surface area contributed by atoms with Crippen molar-refractivity contribution in [1.82, 2.24) is 9.88 Å². The van der Waals surface area contributed by atoms with E-state index in [4.69, 9.17) is 40.1 Å². The van der Waals surface area contributed by atoms with Crippen LogP contribution in [0.25, 0.3) is 0 Å². The molecule has 2 fully saturated rings. The van der Waals surface area contributed by atoms with Gasteiger partial charge in [0, 0.05) is 31.4 Å². The standard InChI is InChI=1S/C22H23Cl3F3N3.CHN/c1-13-15(18-4-3-8-30(18)2)5-6-19(29-13)31-9-7-21(12-31,22(26,27)28)14-10-16(23)20(25)17(24)11-14;1-2/h5-6,10-11,18H,3-4,7-9,12H2,1-2H3;1H. The van der Waals surface area contributed by atoms with E-state index < -0.39 is 11.6 Å². The first-order valence-corrected chi connectivity index (χ1v) is 11.6. The van der Waals surface area contributed by atoms with Gasteiger partial charge in [-0.1, -0.05) is 40.9 Å². The molecule has 10 heteroatoms. The molecule has 178 valence electrons. The zero-order valence-corrected chi connectivity index (χ0v) is 20.5. The third-order valence-corrected chi connectivity index (χ3v) is 7.86. The molecule has 0 amide bonds. The number of aromatic nitrogens is 1. The van der Waals surface area contributed by atoms with Crippen LogP contribution in [0.5, 0.6) is 0 Å². The number of anilines is 1. The van der Waals surface area contributed by atoms with Crippen molar-refractivity contribution in [2.24, 2.45) is 0 Å². The minimum Gasteiger partial charge on any atom is -0.355 e. The Morgan fingerprint density at radius 3 is 2.27 bits per heavy atom. The van der Waals surface area contributed by atoms with E-state index >= 15 is 0 Å². The quantitative estimate of drug-likeness (QED) is 0.411. The van der Waals surface area contributed by atoms with Crippen molar-refractivity contribution >= 4 is 40.6 Å². The van der Waals surface area contributed by atoms with Crippen LogP contribution in [-0.2, 0) is 5.41 Å². The second kappa shape index (κ2) is 9.87. The Kier molecular flexibility index (Phi) is 7.75. The van der Waals surface area contributed by atoms with Gasteiger partial charge >= 0.3 is 6.18 Å². The minimum atomic E-state index is -4.48. The van der Waals surface area contributed by atoms with Gasteiger partial charge in [-0.3, -0.25) is 4.90 Å². The van der Waals surface area contributed by atoms with Crippen LogP contribution in [0, 0.1) is 18.8 Å². The molecule has 1 aromatic carbocycles. The second-order valence-electron chi connectivity index (χ2n) is 8.49. The molecule has 0 radical (unpaired) electrons. The number of aryl methyl sites for hydroxylation is 1. The van der Waals surface area contributed by atoms with Crippen LogP contribution in [0.4, 0.5) is 19.0 Å². The van der Waals surface area contributed by atoms with E-state index in [1.807, 2.05) is 19.1 Å². The van der Waals surface area contributed by atoms with Crippen LogP contribution in [0.2, 0.25) is 15.1 Å². The first kappa shape index (κ1) is 25.9. The summed E-state index contributed by atoms with van der Waals surface area (Å²) in [6.45, 7) is 6.45. The molecule has 0 bridgehead atoms. The molecule has 0 spiro atoms. The lowest BCUT2D eigenvalue weighted by Gasteiger charge is -2.33. The zero-order chi connectivity index (χ0) is 24.6. The Hall–Kier alpha value is -1.72. The highest BCUT2D eigenvalue weighted by Crippen LogP contribution is 2.50. The van der Waals surface area contributed by atoms with Crippen LogP contribution < -0.4 is 4.90 Å². The van der Waals surface area contributed by atoms with Gasteiger partial charge in [0.25, 0.3) is 0 Å². The highest BCUT2D eigenvalue weighted by molar-refractivity contribution is 6.48. The Labute approximate surface area is 206 Å². The third-order valence-electron chi connectivity index (χ3n) is 6.66. The van der Waals surface area contributed by atoms with Crippen LogP contribution >= 0.6 is 34.8 Å². The molecule has 0 aliphatic carbocycles. The molecule has 33 heavy (non-hydrogen) atoms. The fourth-order valence-electron chi connectivity index (χ4n) is 4.86. The van der Waals surface area contributed by atoms with E-state index in [9.17, 15) is 13.2 Å². The summed E-state index contributed by atoms with van der Waals surface area (Å²) in [6.07, 6.45) is -2.39. The third kappa shape index (κ3) is 4.77. The fourth-order valence-corrected chi connectivity index (χ4v) is 5.45. The summed E-state index contributed by atoms with van der Waals surface area (Å²) >= 11 is 18.1. The molecule has 2 unspecified atom stereocenters. The molecule has 4 rings (SSSR count). The molecule has 2 aliphatic heterocycles. The monoisotopic (exact) mass is 518 g/mol. The number of hydrogen-bond donors (Lipinski definition) is 0. The summed E-state index contributed by atoms with van der Waals surface area (Å²) < 4.78 is 43.1. The van der Waals surface area contributed by atoms with Gasteiger partial charge < -0.3 is 4.90 Å². The van der Waals surface area contributed by atoms with E-state index in [1.165, 1.54) is 12.1 Å². The molecule has 3 heterocycles. The molecular weight excluding hydrogens is 496 g/mol. The molecule has 2 saturated heterocycles. The lowest BCUT2D eigenvalue weighted by Crippen LogP contribution is -2.45. The maximum atomic E-state index is 14.4. The number of hydrogen-bond acceptors (Lipinski definition) is 4. The fraction of sp³-hybridized carbons (Fsp3) is 0.478. The van der Waals surface area contributed by atoms with E-state index in [1.54, 1.807) is 4.90 Å². The van der Waals surface area contributed by atoms with Crippen LogP contribution in [0.1, 0.15) is 42.1 Å². The highest BCUT2D eigenvalue weighted by atomic mass is 35.5. The Morgan fingerprint density at radius 1 is 1.12 bits per heavy atom. The zero-order valence-electron chi connectivity index (χ0n) is 18.3. The normalized spacial score (nSPS) is 23.5. The highest BCUT2D eigenvalue weighted by Gasteiger charge is 2.59. The van der Waals surface area contributed by atoms with Crippen LogP contribution in [-0.4, -0.2) is 42.7 Å². The van der Waals surface area contributed by atoms with Crippen molar-refractivity contribution in [1.29, 1.82) is 5.26 Å². The molecule has 0 N–H and O–H groups in total. The molecule has 1 aromatic heterocycles. The summed E-state index contributed by atoms with van der Waals surface area (Å²) in [5, 5.41) is 6.60.